The van der Waals surface area contributed by atoms with E-state index in [1.54, 1.807) is 36.4 Å². The standard InChI is InChI=1S/C37H40ClN3O4S/c1-27-17-22-34(28(2)23-27)41(46(44,45)33-15-7-4-8-16-33)26-36(42)40(25-30-18-20-31(38)21-19-30)35(24-29-11-5-3-6-12-29)37(43)39-32-13-9-10-14-32/h3-8,11-12,15-23,32,35H,9-10,13-14,24-26H2,1-2H3,(H,39,43)/t35-/m0/s1. The van der Waals surface area contributed by atoms with E-state index in [1.165, 1.54) is 21.3 Å². The van der Waals surface area contributed by atoms with Crippen molar-refractivity contribution < 1.29 is 18.0 Å². The van der Waals surface area contributed by atoms with Crippen molar-refractivity contribution in [3.63, 3.8) is 0 Å². The molecule has 0 bridgehead atoms. The SMILES string of the molecule is Cc1ccc(N(CC(=O)N(Cc2ccc(Cl)cc2)[C@@H](Cc2ccccc2)C(=O)NC2CCCC2)S(=O)(=O)c2ccccc2)c(C)c1. The van der Waals surface area contributed by atoms with Gasteiger partial charge in [0.15, 0.2) is 0 Å². The van der Waals surface area contributed by atoms with Crippen LogP contribution in [-0.2, 0) is 32.6 Å². The Bertz CT molecular complexity index is 1740. The summed E-state index contributed by atoms with van der Waals surface area (Å²) in [5.41, 5.74) is 3.76. The van der Waals surface area contributed by atoms with E-state index in [0.717, 1.165) is 47.9 Å². The maximum atomic E-state index is 14.6. The molecule has 0 saturated heterocycles. The number of anilines is 1. The molecule has 7 nitrogen and oxygen atoms in total. The Morgan fingerprint density at radius 2 is 1.48 bits per heavy atom. The molecule has 1 saturated carbocycles. The highest BCUT2D eigenvalue weighted by Gasteiger charge is 2.36. The van der Waals surface area contributed by atoms with Gasteiger partial charge in [-0.1, -0.05) is 103 Å². The van der Waals surface area contributed by atoms with Crippen molar-refractivity contribution in [3.8, 4) is 0 Å². The molecule has 4 aromatic rings. The first-order chi connectivity index (χ1) is 22.1. The van der Waals surface area contributed by atoms with Crippen LogP contribution in [0.1, 0.15) is 47.9 Å². The normalized spacial score (nSPS) is 14.1. The van der Waals surface area contributed by atoms with Crippen LogP contribution in [0.2, 0.25) is 5.02 Å². The number of nitrogens with zero attached hydrogens (tertiary/aromatic N) is 2. The molecule has 1 fully saturated rings. The first-order valence-electron chi connectivity index (χ1n) is 15.6. The van der Waals surface area contributed by atoms with E-state index in [4.69, 9.17) is 11.6 Å². The molecule has 1 atom stereocenters. The lowest BCUT2D eigenvalue weighted by Crippen LogP contribution is -2.54. The van der Waals surface area contributed by atoms with Crippen molar-refractivity contribution >= 4 is 39.1 Å². The largest absolute Gasteiger partial charge is 0.352 e. The molecular weight excluding hydrogens is 618 g/mol. The third-order valence-corrected chi connectivity index (χ3v) is 10.5. The molecule has 5 rings (SSSR count). The van der Waals surface area contributed by atoms with Gasteiger partial charge < -0.3 is 10.2 Å². The van der Waals surface area contributed by atoms with Crippen LogP contribution in [0.15, 0.2) is 108 Å². The molecule has 240 valence electrons. The number of carbonyl (C=O) groups excluding carboxylic acids is 2. The quantitative estimate of drug-likeness (QED) is 0.181. The summed E-state index contributed by atoms with van der Waals surface area (Å²) in [6, 6.07) is 29.4. The lowest BCUT2D eigenvalue weighted by atomic mass is 10.0. The molecule has 1 N–H and O–H groups in total. The fourth-order valence-corrected chi connectivity index (χ4v) is 7.65. The van der Waals surface area contributed by atoms with E-state index < -0.39 is 28.5 Å². The number of carbonyl (C=O) groups is 2. The number of amides is 2. The summed E-state index contributed by atoms with van der Waals surface area (Å²) in [4.78, 5) is 30.3. The molecule has 1 aliphatic carbocycles. The van der Waals surface area contributed by atoms with Crippen LogP contribution in [0.3, 0.4) is 0 Å². The highest BCUT2D eigenvalue weighted by molar-refractivity contribution is 7.92. The zero-order valence-corrected chi connectivity index (χ0v) is 27.8. The number of aryl methyl sites for hydroxylation is 2. The molecule has 0 aliphatic heterocycles. The molecule has 2 amide bonds. The Morgan fingerprint density at radius 1 is 0.848 bits per heavy atom. The number of benzene rings is 4. The van der Waals surface area contributed by atoms with E-state index in [0.29, 0.717) is 10.7 Å². The number of hydrogen-bond acceptors (Lipinski definition) is 4. The Hall–Kier alpha value is -4.14. The number of rotatable bonds is 12. The maximum Gasteiger partial charge on any atom is 0.264 e. The van der Waals surface area contributed by atoms with Gasteiger partial charge in [-0.3, -0.25) is 13.9 Å². The summed E-state index contributed by atoms with van der Waals surface area (Å²) in [6.07, 6.45) is 4.15. The minimum absolute atomic E-state index is 0.0448. The van der Waals surface area contributed by atoms with Crippen molar-refractivity contribution in [2.45, 2.75) is 69.5 Å². The average Bonchev–Trinajstić information content (AvgIpc) is 3.56. The van der Waals surface area contributed by atoms with Crippen LogP contribution in [0, 0.1) is 13.8 Å². The van der Waals surface area contributed by atoms with Gasteiger partial charge in [-0.05, 0) is 73.7 Å². The van der Waals surface area contributed by atoms with Gasteiger partial charge in [0.1, 0.15) is 12.6 Å². The summed E-state index contributed by atoms with van der Waals surface area (Å²) in [5.74, 6) is -0.737. The molecule has 0 radical (unpaired) electrons. The molecule has 46 heavy (non-hydrogen) atoms. The van der Waals surface area contributed by atoms with Crippen LogP contribution in [0.5, 0.6) is 0 Å². The van der Waals surface area contributed by atoms with Gasteiger partial charge in [0.2, 0.25) is 11.8 Å². The fourth-order valence-electron chi connectivity index (χ4n) is 6.03. The molecule has 0 heterocycles. The van der Waals surface area contributed by atoms with Gasteiger partial charge >= 0.3 is 0 Å². The second-order valence-corrected chi connectivity index (χ2v) is 14.3. The Morgan fingerprint density at radius 3 is 2.11 bits per heavy atom. The summed E-state index contributed by atoms with van der Waals surface area (Å²) < 4.78 is 29.6. The smallest absolute Gasteiger partial charge is 0.264 e. The summed E-state index contributed by atoms with van der Waals surface area (Å²) >= 11 is 6.18. The monoisotopic (exact) mass is 657 g/mol. The first-order valence-corrected chi connectivity index (χ1v) is 17.5. The maximum absolute atomic E-state index is 14.6. The predicted octanol–water partition coefficient (Wildman–Crippen LogP) is 6.85. The van der Waals surface area contributed by atoms with Crippen LogP contribution >= 0.6 is 11.6 Å². The zero-order chi connectivity index (χ0) is 32.7. The highest BCUT2D eigenvalue weighted by Crippen LogP contribution is 2.29. The van der Waals surface area contributed by atoms with Gasteiger partial charge in [0, 0.05) is 24.0 Å². The molecular formula is C37H40ClN3O4S. The van der Waals surface area contributed by atoms with Crippen LogP contribution in [0.25, 0.3) is 0 Å². The van der Waals surface area contributed by atoms with Gasteiger partial charge in [-0.25, -0.2) is 8.42 Å². The van der Waals surface area contributed by atoms with Gasteiger partial charge in [-0.15, -0.1) is 0 Å². The van der Waals surface area contributed by atoms with Gasteiger partial charge in [-0.2, -0.15) is 0 Å². The van der Waals surface area contributed by atoms with Crippen molar-refractivity contribution in [3.05, 3.63) is 130 Å². The lowest BCUT2D eigenvalue weighted by Gasteiger charge is -2.34. The highest BCUT2D eigenvalue weighted by atomic mass is 35.5. The zero-order valence-electron chi connectivity index (χ0n) is 26.2. The lowest BCUT2D eigenvalue weighted by molar-refractivity contribution is -0.140. The van der Waals surface area contributed by atoms with Crippen molar-refractivity contribution in [2.24, 2.45) is 0 Å². The molecule has 0 unspecified atom stereocenters. The van der Waals surface area contributed by atoms with E-state index in [9.17, 15) is 18.0 Å². The Labute approximate surface area is 277 Å². The number of halogens is 1. The second-order valence-electron chi connectivity index (χ2n) is 12.0. The topological polar surface area (TPSA) is 86.8 Å². The predicted molar refractivity (Wildman–Crippen MR) is 183 cm³/mol. The van der Waals surface area contributed by atoms with Crippen LogP contribution in [0.4, 0.5) is 5.69 Å². The molecule has 4 aromatic carbocycles. The molecule has 0 aromatic heterocycles. The van der Waals surface area contributed by atoms with E-state index in [1.807, 2.05) is 68.4 Å². The average molecular weight is 658 g/mol. The van der Waals surface area contributed by atoms with Crippen LogP contribution in [-0.4, -0.2) is 43.8 Å². The molecule has 1 aliphatic rings. The fraction of sp³-hybridized carbons (Fsp3) is 0.297. The molecule has 0 spiro atoms. The summed E-state index contributed by atoms with van der Waals surface area (Å²) in [7, 11) is -4.15. The number of nitrogens with one attached hydrogen (secondary N) is 1. The third-order valence-electron chi connectivity index (χ3n) is 8.47. The third kappa shape index (κ3) is 8.17. The van der Waals surface area contributed by atoms with Crippen molar-refractivity contribution in [1.29, 1.82) is 0 Å². The minimum Gasteiger partial charge on any atom is -0.352 e. The first kappa shape index (κ1) is 33.2. The van der Waals surface area contributed by atoms with Gasteiger partial charge in [0.25, 0.3) is 10.0 Å². The number of hydrogen-bond donors (Lipinski definition) is 1. The second kappa shape index (κ2) is 15.0. The van der Waals surface area contributed by atoms with Gasteiger partial charge in [0.05, 0.1) is 10.6 Å². The summed E-state index contributed by atoms with van der Waals surface area (Å²) in [6.45, 7) is 3.37. The summed E-state index contributed by atoms with van der Waals surface area (Å²) in [5, 5.41) is 3.75. The van der Waals surface area contributed by atoms with Crippen molar-refractivity contribution in [1.82, 2.24) is 10.2 Å². The van der Waals surface area contributed by atoms with Crippen LogP contribution < -0.4 is 9.62 Å². The molecule has 9 heteroatoms. The minimum atomic E-state index is -4.15. The Kier molecular flexibility index (Phi) is 10.8. The Balaban J connectivity index is 1.57. The van der Waals surface area contributed by atoms with E-state index in [-0.39, 0.29) is 29.8 Å². The van der Waals surface area contributed by atoms with E-state index in [2.05, 4.69) is 5.32 Å². The van der Waals surface area contributed by atoms with E-state index >= 15 is 0 Å². The number of sulfonamides is 1. The van der Waals surface area contributed by atoms with Crippen molar-refractivity contribution in [2.75, 3.05) is 10.8 Å².